The summed E-state index contributed by atoms with van der Waals surface area (Å²) >= 11 is 6.04. The van der Waals surface area contributed by atoms with Crippen LogP contribution in [0.15, 0.2) is 18.2 Å². The van der Waals surface area contributed by atoms with Crippen LogP contribution < -0.4 is 0 Å². The first-order valence-electron chi connectivity index (χ1n) is 6.14. The van der Waals surface area contributed by atoms with Crippen LogP contribution in [-0.2, 0) is 11.3 Å². The normalized spacial score (nSPS) is 13.3. The van der Waals surface area contributed by atoms with E-state index in [2.05, 4.69) is 4.98 Å². The summed E-state index contributed by atoms with van der Waals surface area (Å²) in [4.78, 5) is 4.27. The van der Waals surface area contributed by atoms with E-state index in [0.717, 1.165) is 0 Å². The first-order valence-corrected chi connectivity index (χ1v) is 6.58. The van der Waals surface area contributed by atoms with Gasteiger partial charge in [-0.1, -0.05) is 0 Å². The van der Waals surface area contributed by atoms with Crippen molar-refractivity contribution >= 4 is 22.6 Å². The predicted molar refractivity (Wildman–Crippen MR) is 70.8 cm³/mol. The maximum absolute atomic E-state index is 13.2. The monoisotopic (exact) mass is 306 g/mol. The maximum atomic E-state index is 13.2. The van der Waals surface area contributed by atoms with Gasteiger partial charge < -0.3 is 9.30 Å². The van der Waals surface area contributed by atoms with Gasteiger partial charge in [0.15, 0.2) is 0 Å². The molecule has 2 rings (SSSR count). The zero-order valence-corrected chi connectivity index (χ0v) is 11.6. The summed E-state index contributed by atoms with van der Waals surface area (Å²) in [6, 6.07) is 4.23. The molecule has 0 radical (unpaired) electrons. The van der Waals surface area contributed by atoms with Crippen LogP contribution in [-0.4, -0.2) is 29.2 Å². The molecule has 0 fully saturated rings. The van der Waals surface area contributed by atoms with Gasteiger partial charge in [-0.3, -0.25) is 0 Å². The number of imidazole rings is 1. The van der Waals surface area contributed by atoms with Gasteiger partial charge in [0.05, 0.1) is 23.0 Å². The maximum Gasteiger partial charge on any atom is 0.261 e. The Hall–Kier alpha value is -1.27. The van der Waals surface area contributed by atoms with Gasteiger partial charge in [-0.2, -0.15) is 0 Å². The molecular formula is C13H14ClF3N2O. The van der Waals surface area contributed by atoms with Crippen molar-refractivity contribution < 1.29 is 17.9 Å². The summed E-state index contributed by atoms with van der Waals surface area (Å²) in [6.07, 6.45) is -2.49. The number of halogens is 4. The van der Waals surface area contributed by atoms with Crippen molar-refractivity contribution in [2.24, 2.45) is 0 Å². The van der Waals surface area contributed by atoms with Crippen LogP contribution in [0.5, 0.6) is 0 Å². The molecule has 0 saturated carbocycles. The first-order chi connectivity index (χ1) is 9.49. The molecule has 1 heterocycles. The third-order valence-corrected chi connectivity index (χ3v) is 2.99. The van der Waals surface area contributed by atoms with Gasteiger partial charge in [-0.25, -0.2) is 18.2 Å². The van der Waals surface area contributed by atoms with Gasteiger partial charge in [0, 0.05) is 12.6 Å². The molecule has 2 aromatic rings. The Kier molecular flexibility index (Phi) is 4.88. The van der Waals surface area contributed by atoms with E-state index >= 15 is 0 Å². The van der Waals surface area contributed by atoms with Crippen molar-refractivity contribution in [2.75, 3.05) is 13.2 Å². The summed E-state index contributed by atoms with van der Waals surface area (Å²) < 4.78 is 43.8. The highest BCUT2D eigenvalue weighted by Gasteiger charge is 2.15. The molecule has 1 unspecified atom stereocenters. The number of rotatable bonds is 6. The van der Waals surface area contributed by atoms with Crippen molar-refractivity contribution in [1.82, 2.24) is 9.55 Å². The molecule has 0 spiro atoms. The van der Waals surface area contributed by atoms with Gasteiger partial charge in [0.25, 0.3) is 6.43 Å². The molecule has 0 saturated heterocycles. The minimum absolute atomic E-state index is 0.115. The van der Waals surface area contributed by atoms with Crippen molar-refractivity contribution in [1.29, 1.82) is 0 Å². The van der Waals surface area contributed by atoms with Crippen LogP contribution in [0.2, 0.25) is 0 Å². The molecule has 0 aliphatic heterocycles. The van der Waals surface area contributed by atoms with Crippen molar-refractivity contribution in [3.8, 4) is 0 Å². The molecule has 0 aliphatic rings. The molecule has 20 heavy (non-hydrogen) atoms. The largest absolute Gasteiger partial charge is 0.374 e. The second-order valence-electron chi connectivity index (χ2n) is 4.34. The fourth-order valence-corrected chi connectivity index (χ4v) is 2.16. The topological polar surface area (TPSA) is 27.1 Å². The molecule has 0 aliphatic carbocycles. The molecule has 0 bridgehead atoms. The van der Waals surface area contributed by atoms with Crippen LogP contribution in [0.25, 0.3) is 11.0 Å². The van der Waals surface area contributed by atoms with Gasteiger partial charge in [0.2, 0.25) is 0 Å². The van der Waals surface area contributed by atoms with E-state index in [-0.39, 0.29) is 17.8 Å². The Morgan fingerprint density at radius 1 is 1.40 bits per heavy atom. The highest BCUT2D eigenvalue weighted by molar-refractivity contribution is 6.20. The van der Waals surface area contributed by atoms with Crippen molar-refractivity contribution in [2.45, 2.75) is 25.3 Å². The third-order valence-electron chi connectivity index (χ3n) is 2.80. The smallest absolute Gasteiger partial charge is 0.261 e. The van der Waals surface area contributed by atoms with Crippen molar-refractivity contribution in [3.05, 3.63) is 29.8 Å². The molecule has 110 valence electrons. The fourth-order valence-electron chi connectivity index (χ4n) is 1.99. The van der Waals surface area contributed by atoms with Gasteiger partial charge in [0.1, 0.15) is 18.2 Å². The number of hydrogen-bond donors (Lipinski definition) is 0. The third kappa shape index (κ3) is 3.43. The fraction of sp³-hybridized carbons (Fsp3) is 0.462. The molecule has 1 aromatic heterocycles. The van der Waals surface area contributed by atoms with Crippen LogP contribution in [0.1, 0.15) is 18.1 Å². The number of ether oxygens (including phenoxy) is 1. The Morgan fingerprint density at radius 3 is 2.80 bits per heavy atom. The molecule has 1 atom stereocenters. The molecule has 1 aromatic carbocycles. The minimum Gasteiger partial charge on any atom is -0.374 e. The number of fused-ring (bicyclic) bond motifs is 1. The Bertz CT molecular complexity index is 586. The van der Waals surface area contributed by atoms with E-state index in [1.807, 2.05) is 0 Å². The second kappa shape index (κ2) is 6.45. The molecule has 0 amide bonds. The minimum atomic E-state index is -2.49. The first kappa shape index (κ1) is 15.1. The number of nitrogens with zero attached hydrogens (tertiary/aromatic N) is 2. The molecule has 0 N–H and O–H groups in total. The SMILES string of the molecule is CC(Cl)c1nc2cc(F)ccc2n1CCOCC(F)F. The average Bonchev–Trinajstić information content (AvgIpc) is 2.72. The number of alkyl halides is 3. The summed E-state index contributed by atoms with van der Waals surface area (Å²) in [5, 5.41) is -0.374. The van der Waals surface area contributed by atoms with E-state index in [1.165, 1.54) is 12.1 Å². The standard InChI is InChI=1S/C13H14ClF3N2O/c1-8(14)13-18-10-6-9(15)2-3-11(10)19(13)4-5-20-7-12(16)17/h2-3,6,8,12H,4-5,7H2,1H3. The summed E-state index contributed by atoms with van der Waals surface area (Å²) in [5.74, 6) is 0.179. The van der Waals surface area contributed by atoms with E-state index in [1.54, 1.807) is 17.6 Å². The summed E-state index contributed by atoms with van der Waals surface area (Å²) in [5.41, 5.74) is 1.19. The number of benzene rings is 1. The lowest BCUT2D eigenvalue weighted by molar-refractivity contribution is 0.0148. The van der Waals surface area contributed by atoms with Crippen LogP contribution in [0, 0.1) is 5.82 Å². The second-order valence-corrected chi connectivity index (χ2v) is 4.99. The number of aromatic nitrogens is 2. The van der Waals surface area contributed by atoms with E-state index in [0.29, 0.717) is 23.4 Å². The molecule has 3 nitrogen and oxygen atoms in total. The molecular weight excluding hydrogens is 293 g/mol. The zero-order chi connectivity index (χ0) is 14.7. The predicted octanol–water partition coefficient (Wildman–Crippen LogP) is 3.76. The Labute approximate surface area is 119 Å². The van der Waals surface area contributed by atoms with Gasteiger partial charge in [-0.15, -0.1) is 11.6 Å². The summed E-state index contributed by atoms with van der Waals surface area (Å²) in [6.45, 7) is 1.59. The van der Waals surface area contributed by atoms with Crippen LogP contribution in [0.4, 0.5) is 13.2 Å². The van der Waals surface area contributed by atoms with Crippen molar-refractivity contribution in [3.63, 3.8) is 0 Å². The zero-order valence-electron chi connectivity index (χ0n) is 10.8. The molecule has 7 heteroatoms. The highest BCUT2D eigenvalue weighted by atomic mass is 35.5. The highest BCUT2D eigenvalue weighted by Crippen LogP contribution is 2.25. The average molecular weight is 307 g/mol. The Morgan fingerprint density at radius 2 is 2.15 bits per heavy atom. The Balaban J connectivity index is 2.22. The van der Waals surface area contributed by atoms with E-state index in [9.17, 15) is 13.2 Å². The van der Waals surface area contributed by atoms with Gasteiger partial charge in [-0.05, 0) is 19.1 Å². The lowest BCUT2D eigenvalue weighted by atomic mass is 10.3. The lowest BCUT2D eigenvalue weighted by Crippen LogP contribution is -2.12. The quantitative estimate of drug-likeness (QED) is 0.600. The lowest BCUT2D eigenvalue weighted by Gasteiger charge is -2.10. The van der Waals surface area contributed by atoms with Crippen LogP contribution >= 0.6 is 11.6 Å². The van der Waals surface area contributed by atoms with Gasteiger partial charge >= 0.3 is 0 Å². The number of hydrogen-bond acceptors (Lipinski definition) is 2. The van der Waals surface area contributed by atoms with E-state index in [4.69, 9.17) is 16.3 Å². The summed E-state index contributed by atoms with van der Waals surface area (Å²) in [7, 11) is 0. The van der Waals surface area contributed by atoms with Crippen LogP contribution in [0.3, 0.4) is 0 Å². The van der Waals surface area contributed by atoms with E-state index < -0.39 is 13.0 Å².